The van der Waals surface area contributed by atoms with Crippen molar-refractivity contribution in [2.75, 3.05) is 0 Å². The van der Waals surface area contributed by atoms with Gasteiger partial charge in [-0.2, -0.15) is 0 Å². The summed E-state index contributed by atoms with van der Waals surface area (Å²) in [4.78, 5) is 0. The highest BCUT2D eigenvalue weighted by Crippen LogP contribution is 2.19. The van der Waals surface area contributed by atoms with E-state index < -0.39 is 0 Å². The fourth-order valence-electron chi connectivity index (χ4n) is 1.97. The average Bonchev–Trinajstić information content (AvgIpc) is 2.57. The molecule has 0 heterocycles. The van der Waals surface area contributed by atoms with Gasteiger partial charge >= 0.3 is 0 Å². The van der Waals surface area contributed by atoms with Crippen molar-refractivity contribution in [1.82, 2.24) is 0 Å². The summed E-state index contributed by atoms with van der Waals surface area (Å²) < 4.78 is 11.7. The van der Waals surface area contributed by atoms with Crippen LogP contribution in [-0.2, 0) is 0 Å². The molecule has 0 aliphatic carbocycles. The van der Waals surface area contributed by atoms with Crippen molar-refractivity contribution in [3.8, 4) is 11.5 Å². The minimum absolute atomic E-state index is 0.434. The Hall–Kier alpha value is -3.00. The Labute approximate surface area is 130 Å². The number of ether oxygens (including phenoxy) is 2. The van der Waals surface area contributed by atoms with E-state index in [2.05, 4.69) is 0 Å². The second-order valence-electron chi connectivity index (χ2n) is 4.70. The molecule has 0 saturated carbocycles. The van der Waals surface area contributed by atoms with Crippen molar-refractivity contribution >= 4 is 6.08 Å². The second-order valence-corrected chi connectivity index (χ2v) is 4.70. The summed E-state index contributed by atoms with van der Waals surface area (Å²) in [6, 6.07) is 29.1. The summed E-state index contributed by atoms with van der Waals surface area (Å²) in [5, 5.41) is 0. The summed E-state index contributed by atoms with van der Waals surface area (Å²) in [6.45, 7) is 0. The molecular formula is C20H16O2. The van der Waals surface area contributed by atoms with E-state index in [-0.39, 0.29) is 0 Å². The molecule has 3 aromatic rings. The zero-order chi connectivity index (χ0) is 15.0. The Morgan fingerprint density at radius 3 is 1.41 bits per heavy atom. The number of benzene rings is 3. The van der Waals surface area contributed by atoms with Gasteiger partial charge in [-0.25, -0.2) is 0 Å². The van der Waals surface area contributed by atoms with Gasteiger partial charge < -0.3 is 9.47 Å². The van der Waals surface area contributed by atoms with Crippen LogP contribution in [0.5, 0.6) is 11.5 Å². The standard InChI is InChI=1S/C20H16O2/c1-4-10-17(11-5-1)16-20(21-18-12-6-2-7-13-18)22-19-14-8-3-9-15-19/h1-16H. The molecule has 108 valence electrons. The molecule has 0 atom stereocenters. The highest BCUT2D eigenvalue weighted by atomic mass is 16.7. The maximum absolute atomic E-state index is 5.86. The van der Waals surface area contributed by atoms with Crippen molar-refractivity contribution in [3.63, 3.8) is 0 Å². The molecule has 0 unspecified atom stereocenters. The monoisotopic (exact) mass is 288 g/mol. The Morgan fingerprint density at radius 2 is 0.955 bits per heavy atom. The molecule has 0 radical (unpaired) electrons. The van der Waals surface area contributed by atoms with E-state index in [4.69, 9.17) is 9.47 Å². The molecule has 0 spiro atoms. The third kappa shape index (κ3) is 4.00. The van der Waals surface area contributed by atoms with Crippen LogP contribution in [0.25, 0.3) is 6.08 Å². The van der Waals surface area contributed by atoms with E-state index in [1.165, 1.54) is 0 Å². The highest BCUT2D eigenvalue weighted by molar-refractivity contribution is 5.51. The molecule has 22 heavy (non-hydrogen) atoms. The SMILES string of the molecule is C(=C(Oc1ccccc1)Oc1ccccc1)c1ccccc1. The molecule has 0 fully saturated rings. The quantitative estimate of drug-likeness (QED) is 0.605. The van der Waals surface area contributed by atoms with Gasteiger partial charge in [0.2, 0.25) is 0 Å². The summed E-state index contributed by atoms with van der Waals surface area (Å²) >= 11 is 0. The zero-order valence-electron chi connectivity index (χ0n) is 12.1. The number of para-hydroxylation sites is 2. The summed E-state index contributed by atoms with van der Waals surface area (Å²) in [6.07, 6.45) is 1.88. The predicted octanol–water partition coefficient (Wildman–Crippen LogP) is 5.14. The molecule has 0 N–H and O–H groups in total. The molecular weight excluding hydrogens is 272 g/mol. The number of hydrogen-bond donors (Lipinski definition) is 0. The van der Waals surface area contributed by atoms with Crippen molar-refractivity contribution in [2.24, 2.45) is 0 Å². The zero-order valence-corrected chi connectivity index (χ0v) is 12.1. The second kappa shape index (κ2) is 7.14. The van der Waals surface area contributed by atoms with Gasteiger partial charge in [0, 0.05) is 6.08 Å². The topological polar surface area (TPSA) is 18.5 Å². The molecule has 0 aromatic heterocycles. The Balaban J connectivity index is 1.86. The molecule has 3 aromatic carbocycles. The van der Waals surface area contributed by atoms with Crippen molar-refractivity contribution < 1.29 is 9.47 Å². The summed E-state index contributed by atoms with van der Waals surface area (Å²) in [5.41, 5.74) is 1.02. The smallest absolute Gasteiger partial charge is 0.290 e. The first-order chi connectivity index (χ1) is 10.9. The first kappa shape index (κ1) is 14.0. The van der Waals surface area contributed by atoms with E-state index in [1.807, 2.05) is 97.1 Å². The van der Waals surface area contributed by atoms with Crippen molar-refractivity contribution in [1.29, 1.82) is 0 Å². The maximum atomic E-state index is 5.86. The van der Waals surface area contributed by atoms with Crippen LogP contribution >= 0.6 is 0 Å². The lowest BCUT2D eigenvalue weighted by Gasteiger charge is -2.11. The van der Waals surface area contributed by atoms with Gasteiger partial charge in [0.15, 0.2) is 0 Å². The predicted molar refractivity (Wildman–Crippen MR) is 88.6 cm³/mol. The first-order valence-corrected chi connectivity index (χ1v) is 7.13. The normalized spacial score (nSPS) is 9.82. The summed E-state index contributed by atoms with van der Waals surface area (Å²) in [7, 11) is 0. The van der Waals surface area contributed by atoms with Crippen molar-refractivity contribution in [2.45, 2.75) is 0 Å². The van der Waals surface area contributed by atoms with E-state index in [0.29, 0.717) is 5.95 Å². The minimum atomic E-state index is 0.434. The Bertz CT molecular complexity index is 676. The van der Waals surface area contributed by atoms with Crippen molar-refractivity contribution in [3.05, 3.63) is 103 Å². The summed E-state index contributed by atoms with van der Waals surface area (Å²) in [5.74, 6) is 1.91. The molecule has 0 bridgehead atoms. The van der Waals surface area contributed by atoms with Crippen LogP contribution < -0.4 is 9.47 Å². The maximum Gasteiger partial charge on any atom is 0.290 e. The Kier molecular flexibility index (Phi) is 4.53. The molecule has 2 nitrogen and oxygen atoms in total. The van der Waals surface area contributed by atoms with Gasteiger partial charge in [-0.3, -0.25) is 0 Å². The lowest BCUT2D eigenvalue weighted by molar-refractivity contribution is 0.231. The highest BCUT2D eigenvalue weighted by Gasteiger charge is 2.04. The van der Waals surface area contributed by atoms with Crippen LogP contribution in [0.3, 0.4) is 0 Å². The van der Waals surface area contributed by atoms with Crippen LogP contribution in [0.2, 0.25) is 0 Å². The van der Waals surface area contributed by atoms with Crippen LogP contribution in [-0.4, -0.2) is 0 Å². The van der Waals surface area contributed by atoms with E-state index in [1.54, 1.807) is 0 Å². The number of hydrogen-bond acceptors (Lipinski definition) is 2. The average molecular weight is 288 g/mol. The fourth-order valence-corrected chi connectivity index (χ4v) is 1.97. The molecule has 0 amide bonds. The van der Waals surface area contributed by atoms with E-state index in [0.717, 1.165) is 17.1 Å². The van der Waals surface area contributed by atoms with Crippen LogP contribution in [0, 0.1) is 0 Å². The fraction of sp³-hybridized carbons (Fsp3) is 0. The van der Waals surface area contributed by atoms with Gasteiger partial charge in [0.25, 0.3) is 5.95 Å². The Morgan fingerprint density at radius 1 is 0.545 bits per heavy atom. The van der Waals surface area contributed by atoms with Gasteiger partial charge in [-0.1, -0.05) is 66.7 Å². The van der Waals surface area contributed by atoms with Crippen LogP contribution in [0.4, 0.5) is 0 Å². The van der Waals surface area contributed by atoms with E-state index in [9.17, 15) is 0 Å². The van der Waals surface area contributed by atoms with Gasteiger partial charge in [0.05, 0.1) is 0 Å². The van der Waals surface area contributed by atoms with Crippen LogP contribution in [0.1, 0.15) is 5.56 Å². The lowest BCUT2D eigenvalue weighted by Crippen LogP contribution is -2.03. The first-order valence-electron chi connectivity index (χ1n) is 7.13. The largest absolute Gasteiger partial charge is 0.426 e. The molecule has 0 aliphatic heterocycles. The minimum Gasteiger partial charge on any atom is -0.426 e. The van der Waals surface area contributed by atoms with Crippen LogP contribution in [0.15, 0.2) is 96.9 Å². The number of rotatable bonds is 5. The molecule has 0 aliphatic rings. The lowest BCUT2D eigenvalue weighted by atomic mass is 10.2. The third-order valence-electron chi connectivity index (χ3n) is 3.01. The molecule has 0 saturated heterocycles. The van der Waals surface area contributed by atoms with Gasteiger partial charge in [-0.05, 0) is 29.8 Å². The molecule has 3 rings (SSSR count). The third-order valence-corrected chi connectivity index (χ3v) is 3.01. The molecule has 2 heteroatoms. The van der Waals surface area contributed by atoms with Gasteiger partial charge in [0.1, 0.15) is 11.5 Å². The van der Waals surface area contributed by atoms with Gasteiger partial charge in [-0.15, -0.1) is 0 Å². The van der Waals surface area contributed by atoms with E-state index >= 15 is 0 Å².